The fraction of sp³-hybridized carbons (Fsp3) is 0.739. The second kappa shape index (κ2) is 14.2. The van der Waals surface area contributed by atoms with E-state index in [9.17, 15) is 14.7 Å². The molecular formula is C23H37NO4. The molecule has 0 unspecified atom stereocenters. The first-order valence-electron chi connectivity index (χ1n) is 10.8. The molecule has 1 aliphatic rings. The average Bonchev–Trinajstić information content (AvgIpc) is 3.02. The highest BCUT2D eigenvalue weighted by Gasteiger charge is 2.28. The molecule has 3 atom stereocenters. The Bertz CT molecular complexity index is 561. The number of unbranched alkanes of at least 4 members (excludes halogenated alkanes) is 3. The summed E-state index contributed by atoms with van der Waals surface area (Å²) in [6, 6.07) is 0.0793. The standard InChI is InChI=1S/C23H37NO4/c1-4-6-9-12-19(3)21(25)16-14-20-15-17-22(26)24(20)18-11-8-7-10-13-23(27)28-5-2/h14,16,19-21,25H,4-5,7-8,10-13,15,17-18H2,1-3H3/b16-14+/t19-,20-,21+/m0/s1. The maximum Gasteiger partial charge on any atom is 0.305 e. The van der Waals surface area contributed by atoms with Gasteiger partial charge in [-0.2, -0.15) is 0 Å². The number of aliphatic hydroxyl groups is 1. The minimum absolute atomic E-state index is 0.0793. The van der Waals surface area contributed by atoms with Gasteiger partial charge in [0, 0.05) is 32.2 Å². The Morgan fingerprint density at radius 2 is 2.04 bits per heavy atom. The van der Waals surface area contributed by atoms with E-state index in [0.29, 0.717) is 25.9 Å². The van der Waals surface area contributed by atoms with E-state index in [1.807, 2.05) is 37.8 Å². The Kier molecular flexibility index (Phi) is 12.3. The van der Waals surface area contributed by atoms with E-state index in [0.717, 1.165) is 45.1 Å². The molecule has 0 aliphatic carbocycles. The van der Waals surface area contributed by atoms with Crippen molar-refractivity contribution in [3.8, 4) is 11.8 Å². The topological polar surface area (TPSA) is 66.8 Å². The zero-order chi connectivity index (χ0) is 20.8. The Hall–Kier alpha value is -1.80. The fourth-order valence-corrected chi connectivity index (χ4v) is 3.30. The third kappa shape index (κ3) is 9.41. The predicted molar refractivity (Wildman–Crippen MR) is 111 cm³/mol. The van der Waals surface area contributed by atoms with Crippen molar-refractivity contribution in [3.05, 3.63) is 12.2 Å². The van der Waals surface area contributed by atoms with E-state index in [2.05, 4.69) is 11.8 Å². The molecule has 1 aliphatic heterocycles. The van der Waals surface area contributed by atoms with Crippen molar-refractivity contribution >= 4 is 11.9 Å². The Balaban J connectivity index is 2.34. The highest BCUT2D eigenvalue weighted by Crippen LogP contribution is 2.22. The Morgan fingerprint density at radius 3 is 2.75 bits per heavy atom. The number of amides is 1. The van der Waals surface area contributed by atoms with Crippen LogP contribution in [-0.4, -0.2) is 47.2 Å². The smallest absolute Gasteiger partial charge is 0.305 e. The lowest BCUT2D eigenvalue weighted by atomic mass is 10.00. The number of aliphatic hydroxyl groups excluding tert-OH is 1. The molecule has 28 heavy (non-hydrogen) atoms. The summed E-state index contributed by atoms with van der Waals surface area (Å²) < 4.78 is 4.92. The number of likely N-dealkylation sites (tertiary alicyclic amines) is 1. The Labute approximate surface area is 170 Å². The van der Waals surface area contributed by atoms with Crippen LogP contribution in [0.25, 0.3) is 0 Å². The zero-order valence-electron chi connectivity index (χ0n) is 17.8. The van der Waals surface area contributed by atoms with Gasteiger partial charge in [0.25, 0.3) is 0 Å². The van der Waals surface area contributed by atoms with Gasteiger partial charge in [-0.15, -0.1) is 11.8 Å². The maximum absolute atomic E-state index is 12.2. The van der Waals surface area contributed by atoms with Gasteiger partial charge < -0.3 is 14.7 Å². The third-order valence-electron chi connectivity index (χ3n) is 5.05. The van der Waals surface area contributed by atoms with E-state index in [4.69, 9.17) is 4.74 Å². The van der Waals surface area contributed by atoms with Crippen LogP contribution in [0.5, 0.6) is 0 Å². The molecule has 1 saturated heterocycles. The number of ether oxygens (including phenoxy) is 1. The third-order valence-corrected chi connectivity index (χ3v) is 5.05. The van der Waals surface area contributed by atoms with Crippen molar-refractivity contribution in [3.63, 3.8) is 0 Å². The molecule has 0 aromatic heterocycles. The first kappa shape index (κ1) is 24.2. The second-order valence-corrected chi connectivity index (χ2v) is 7.43. The lowest BCUT2D eigenvalue weighted by Crippen LogP contribution is -2.33. The molecular weight excluding hydrogens is 354 g/mol. The van der Waals surface area contributed by atoms with Gasteiger partial charge in [-0.1, -0.05) is 38.8 Å². The van der Waals surface area contributed by atoms with Crippen LogP contribution in [0.4, 0.5) is 0 Å². The molecule has 5 heteroatoms. The summed E-state index contributed by atoms with van der Waals surface area (Å²) in [5, 5.41) is 10.3. The van der Waals surface area contributed by atoms with Crippen LogP contribution in [0.3, 0.4) is 0 Å². The van der Waals surface area contributed by atoms with Crippen LogP contribution in [0.2, 0.25) is 0 Å². The van der Waals surface area contributed by atoms with Crippen molar-refractivity contribution in [1.29, 1.82) is 0 Å². The number of esters is 1. The number of hydrogen-bond acceptors (Lipinski definition) is 4. The van der Waals surface area contributed by atoms with Gasteiger partial charge >= 0.3 is 5.97 Å². The fourth-order valence-electron chi connectivity index (χ4n) is 3.30. The Morgan fingerprint density at radius 1 is 1.29 bits per heavy atom. The molecule has 0 aromatic carbocycles. The predicted octanol–water partition coefficient (Wildman–Crippen LogP) is 3.85. The van der Waals surface area contributed by atoms with Crippen molar-refractivity contribution in [2.24, 2.45) is 5.92 Å². The van der Waals surface area contributed by atoms with Crippen molar-refractivity contribution in [1.82, 2.24) is 4.90 Å². The van der Waals surface area contributed by atoms with E-state index in [1.54, 1.807) is 0 Å². The van der Waals surface area contributed by atoms with Crippen LogP contribution in [-0.2, 0) is 14.3 Å². The van der Waals surface area contributed by atoms with E-state index in [-0.39, 0.29) is 23.8 Å². The minimum atomic E-state index is -0.536. The van der Waals surface area contributed by atoms with Crippen LogP contribution < -0.4 is 0 Å². The van der Waals surface area contributed by atoms with E-state index >= 15 is 0 Å². The van der Waals surface area contributed by atoms with E-state index < -0.39 is 6.10 Å². The van der Waals surface area contributed by atoms with Crippen molar-refractivity contribution in [2.75, 3.05) is 13.2 Å². The molecule has 1 fully saturated rings. The molecule has 158 valence electrons. The molecule has 0 bridgehead atoms. The molecule has 1 rings (SSSR count). The van der Waals surface area contributed by atoms with Crippen molar-refractivity contribution < 1.29 is 19.4 Å². The lowest BCUT2D eigenvalue weighted by Gasteiger charge is -2.23. The lowest BCUT2D eigenvalue weighted by molar-refractivity contribution is -0.143. The largest absolute Gasteiger partial charge is 0.466 e. The monoisotopic (exact) mass is 391 g/mol. The summed E-state index contributed by atoms with van der Waals surface area (Å²) in [5.41, 5.74) is 0. The molecule has 0 aromatic rings. The van der Waals surface area contributed by atoms with Crippen LogP contribution in [0.1, 0.15) is 78.6 Å². The van der Waals surface area contributed by atoms with Crippen LogP contribution in [0, 0.1) is 17.8 Å². The van der Waals surface area contributed by atoms with Gasteiger partial charge in [-0.25, -0.2) is 0 Å². The van der Waals surface area contributed by atoms with Crippen LogP contribution in [0.15, 0.2) is 12.2 Å². The van der Waals surface area contributed by atoms with Crippen molar-refractivity contribution in [2.45, 2.75) is 90.7 Å². The number of nitrogens with zero attached hydrogens (tertiary/aromatic N) is 1. The summed E-state index contributed by atoms with van der Waals surface area (Å²) in [5.74, 6) is 6.26. The van der Waals surface area contributed by atoms with Gasteiger partial charge in [0.1, 0.15) is 0 Å². The molecule has 0 spiro atoms. The van der Waals surface area contributed by atoms with Gasteiger partial charge in [-0.05, 0) is 32.1 Å². The SMILES string of the molecule is CCC#CC[C@H](C)[C@H](O)/C=C/[C@H]1CCC(=O)N1CCCCCCC(=O)OCC. The summed E-state index contributed by atoms with van der Waals surface area (Å²) >= 11 is 0. The molecule has 1 amide bonds. The number of carbonyl (C=O) groups excluding carboxylic acids is 2. The molecule has 0 radical (unpaired) electrons. The summed E-state index contributed by atoms with van der Waals surface area (Å²) in [6.45, 7) is 6.99. The summed E-state index contributed by atoms with van der Waals surface area (Å²) in [4.78, 5) is 25.4. The molecule has 1 N–H and O–H groups in total. The molecule has 5 nitrogen and oxygen atoms in total. The van der Waals surface area contributed by atoms with Gasteiger partial charge in [0.05, 0.1) is 18.8 Å². The number of hydrogen-bond donors (Lipinski definition) is 1. The zero-order valence-corrected chi connectivity index (χ0v) is 17.8. The molecule has 0 saturated carbocycles. The van der Waals surface area contributed by atoms with Crippen LogP contribution >= 0.6 is 0 Å². The highest BCUT2D eigenvalue weighted by molar-refractivity contribution is 5.79. The van der Waals surface area contributed by atoms with Gasteiger partial charge in [0.2, 0.25) is 5.91 Å². The average molecular weight is 392 g/mol. The maximum atomic E-state index is 12.2. The summed E-state index contributed by atoms with van der Waals surface area (Å²) in [7, 11) is 0. The molecule has 1 heterocycles. The highest BCUT2D eigenvalue weighted by atomic mass is 16.5. The summed E-state index contributed by atoms with van der Waals surface area (Å²) in [6.07, 6.45) is 10.4. The number of carbonyl (C=O) groups is 2. The normalized spacial score (nSPS) is 18.8. The van der Waals surface area contributed by atoms with Gasteiger partial charge in [0.15, 0.2) is 0 Å². The quantitative estimate of drug-likeness (QED) is 0.237. The van der Waals surface area contributed by atoms with E-state index in [1.165, 1.54) is 0 Å². The number of rotatable bonds is 12. The second-order valence-electron chi connectivity index (χ2n) is 7.43. The minimum Gasteiger partial charge on any atom is -0.466 e. The first-order valence-corrected chi connectivity index (χ1v) is 10.8. The first-order chi connectivity index (χ1) is 13.5. The van der Waals surface area contributed by atoms with Gasteiger partial charge in [-0.3, -0.25) is 9.59 Å².